The van der Waals surface area contributed by atoms with E-state index in [2.05, 4.69) is 10.1 Å². The molecule has 0 aromatic heterocycles. The minimum Gasteiger partial charge on any atom is -0.399 e. The highest BCUT2D eigenvalue weighted by Gasteiger charge is 2.09. The van der Waals surface area contributed by atoms with Crippen LogP contribution in [0.4, 0.5) is 0 Å². The number of hydrogen-bond acceptors (Lipinski definition) is 3. The predicted octanol–water partition coefficient (Wildman–Crippen LogP) is 1.88. The van der Waals surface area contributed by atoms with Gasteiger partial charge in [-0.1, -0.05) is 18.0 Å². The van der Waals surface area contributed by atoms with Crippen LogP contribution < -0.4 is 0 Å². The van der Waals surface area contributed by atoms with Crippen molar-refractivity contribution in [1.29, 1.82) is 0 Å². The first-order valence-corrected chi connectivity index (χ1v) is 5.12. The van der Waals surface area contributed by atoms with Crippen LogP contribution in [-0.4, -0.2) is 37.4 Å². The Morgan fingerprint density at radius 1 is 1.23 bits per heavy atom. The van der Waals surface area contributed by atoms with Gasteiger partial charge in [-0.3, -0.25) is 4.90 Å². The Morgan fingerprint density at radius 2 is 1.85 bits per heavy atom. The first kappa shape index (κ1) is 10.5. The van der Waals surface area contributed by atoms with E-state index in [1.807, 2.05) is 6.92 Å². The quantitative estimate of drug-likeness (QED) is 0.494. The van der Waals surface area contributed by atoms with Gasteiger partial charge in [0, 0.05) is 6.54 Å². The summed E-state index contributed by atoms with van der Waals surface area (Å²) in [6, 6.07) is 0. The molecule has 3 nitrogen and oxygen atoms in total. The van der Waals surface area contributed by atoms with Crippen molar-refractivity contribution in [3.05, 3.63) is 0 Å². The van der Waals surface area contributed by atoms with Gasteiger partial charge in [0.25, 0.3) is 0 Å². The van der Waals surface area contributed by atoms with Crippen molar-refractivity contribution >= 4 is 5.71 Å². The highest BCUT2D eigenvalue weighted by molar-refractivity contribution is 5.83. The zero-order chi connectivity index (χ0) is 9.52. The molecule has 0 aromatic rings. The molecule has 0 unspecified atom stereocenters. The number of oxime groups is 1. The van der Waals surface area contributed by atoms with Crippen LogP contribution in [0.15, 0.2) is 5.16 Å². The van der Waals surface area contributed by atoms with Gasteiger partial charge in [0.2, 0.25) is 0 Å². The van der Waals surface area contributed by atoms with Crippen molar-refractivity contribution in [2.24, 2.45) is 5.16 Å². The van der Waals surface area contributed by atoms with Crippen LogP contribution >= 0.6 is 0 Å². The fraction of sp³-hybridized carbons (Fsp3) is 0.900. The zero-order valence-electron chi connectivity index (χ0n) is 8.75. The molecule has 0 spiro atoms. The van der Waals surface area contributed by atoms with Gasteiger partial charge in [-0.2, -0.15) is 0 Å². The van der Waals surface area contributed by atoms with Gasteiger partial charge in [-0.25, -0.2) is 0 Å². The molecule has 1 heterocycles. The first-order chi connectivity index (χ1) is 6.33. The lowest BCUT2D eigenvalue weighted by Crippen LogP contribution is -2.29. The van der Waals surface area contributed by atoms with Crippen molar-refractivity contribution in [3.8, 4) is 0 Å². The first-order valence-electron chi connectivity index (χ1n) is 5.12. The summed E-state index contributed by atoms with van der Waals surface area (Å²) in [5, 5.41) is 3.92. The second-order valence-electron chi connectivity index (χ2n) is 3.70. The Kier molecular flexibility index (Phi) is 4.83. The molecule has 0 saturated carbocycles. The van der Waals surface area contributed by atoms with Crippen molar-refractivity contribution < 1.29 is 4.84 Å². The average Bonchev–Trinajstić information content (AvgIpc) is 2.33. The molecule has 0 radical (unpaired) electrons. The SMILES string of the molecule is CO/N=C(\C)CN1CCCCCC1. The van der Waals surface area contributed by atoms with Crippen molar-refractivity contribution in [2.45, 2.75) is 32.6 Å². The average molecular weight is 184 g/mol. The molecular formula is C10H20N2O. The van der Waals surface area contributed by atoms with Crippen molar-refractivity contribution in [3.63, 3.8) is 0 Å². The Morgan fingerprint density at radius 3 is 2.38 bits per heavy atom. The molecule has 0 amide bonds. The third kappa shape index (κ3) is 4.27. The number of rotatable bonds is 3. The van der Waals surface area contributed by atoms with Gasteiger partial charge in [0.15, 0.2) is 0 Å². The Hall–Kier alpha value is -0.570. The third-order valence-corrected chi connectivity index (χ3v) is 2.40. The van der Waals surface area contributed by atoms with Crippen LogP contribution in [0.3, 0.4) is 0 Å². The van der Waals surface area contributed by atoms with Gasteiger partial charge in [0.05, 0.1) is 5.71 Å². The summed E-state index contributed by atoms with van der Waals surface area (Å²) in [5.74, 6) is 0. The summed E-state index contributed by atoms with van der Waals surface area (Å²) in [5.41, 5.74) is 1.07. The van der Waals surface area contributed by atoms with Gasteiger partial charge in [-0.15, -0.1) is 0 Å². The minimum absolute atomic E-state index is 0.966. The topological polar surface area (TPSA) is 24.8 Å². The highest BCUT2D eigenvalue weighted by Crippen LogP contribution is 2.09. The van der Waals surface area contributed by atoms with Gasteiger partial charge in [0.1, 0.15) is 7.11 Å². The second kappa shape index (κ2) is 5.97. The monoisotopic (exact) mass is 184 g/mol. The maximum Gasteiger partial charge on any atom is 0.106 e. The Labute approximate surface area is 80.7 Å². The smallest absolute Gasteiger partial charge is 0.106 e. The molecule has 0 atom stereocenters. The summed E-state index contributed by atoms with van der Waals surface area (Å²) in [6.45, 7) is 5.43. The number of hydrogen-bond donors (Lipinski definition) is 0. The van der Waals surface area contributed by atoms with Crippen molar-refractivity contribution in [2.75, 3.05) is 26.7 Å². The molecule has 3 heteroatoms. The molecule has 1 aliphatic heterocycles. The zero-order valence-corrected chi connectivity index (χ0v) is 8.75. The molecular weight excluding hydrogens is 164 g/mol. The lowest BCUT2D eigenvalue weighted by Gasteiger charge is -2.18. The van der Waals surface area contributed by atoms with E-state index in [9.17, 15) is 0 Å². The molecule has 0 aliphatic carbocycles. The molecule has 1 aliphatic rings. The summed E-state index contributed by atoms with van der Waals surface area (Å²) in [4.78, 5) is 7.20. The normalized spacial score (nSPS) is 21.2. The van der Waals surface area contributed by atoms with E-state index < -0.39 is 0 Å². The van der Waals surface area contributed by atoms with Crippen LogP contribution in [0.5, 0.6) is 0 Å². The van der Waals surface area contributed by atoms with E-state index in [0.29, 0.717) is 0 Å². The molecule has 1 rings (SSSR count). The largest absolute Gasteiger partial charge is 0.399 e. The van der Waals surface area contributed by atoms with Crippen LogP contribution in [0.25, 0.3) is 0 Å². The van der Waals surface area contributed by atoms with E-state index in [1.165, 1.54) is 38.8 Å². The van der Waals surface area contributed by atoms with E-state index in [-0.39, 0.29) is 0 Å². The van der Waals surface area contributed by atoms with Crippen LogP contribution in [-0.2, 0) is 4.84 Å². The lowest BCUT2D eigenvalue weighted by atomic mass is 10.2. The lowest BCUT2D eigenvalue weighted by molar-refractivity contribution is 0.209. The summed E-state index contributed by atoms with van der Waals surface area (Å²) in [6.07, 6.45) is 5.44. The minimum atomic E-state index is 0.966. The highest BCUT2D eigenvalue weighted by atomic mass is 16.6. The van der Waals surface area contributed by atoms with Gasteiger partial charge < -0.3 is 4.84 Å². The number of nitrogens with zero attached hydrogens (tertiary/aromatic N) is 2. The Balaban J connectivity index is 2.29. The van der Waals surface area contributed by atoms with Crippen LogP contribution in [0.2, 0.25) is 0 Å². The molecule has 0 bridgehead atoms. The van der Waals surface area contributed by atoms with Crippen molar-refractivity contribution in [1.82, 2.24) is 4.90 Å². The van der Waals surface area contributed by atoms with Gasteiger partial charge >= 0.3 is 0 Å². The van der Waals surface area contributed by atoms with Crippen LogP contribution in [0, 0.1) is 0 Å². The standard InChI is InChI=1S/C10H20N2O/c1-10(11-13-2)9-12-7-5-3-4-6-8-12/h3-9H2,1-2H3/b11-10+. The summed E-state index contributed by atoms with van der Waals surface area (Å²) < 4.78 is 0. The third-order valence-electron chi connectivity index (χ3n) is 2.40. The maximum atomic E-state index is 4.74. The van der Waals surface area contributed by atoms with E-state index in [0.717, 1.165) is 12.3 Å². The van der Waals surface area contributed by atoms with Gasteiger partial charge in [-0.05, 0) is 32.9 Å². The van der Waals surface area contributed by atoms with E-state index in [4.69, 9.17) is 4.84 Å². The molecule has 76 valence electrons. The predicted molar refractivity (Wildman–Crippen MR) is 55.0 cm³/mol. The second-order valence-corrected chi connectivity index (χ2v) is 3.70. The van der Waals surface area contributed by atoms with Crippen LogP contribution in [0.1, 0.15) is 32.6 Å². The molecule has 1 saturated heterocycles. The maximum absolute atomic E-state index is 4.74. The fourth-order valence-electron chi connectivity index (χ4n) is 1.80. The molecule has 13 heavy (non-hydrogen) atoms. The summed E-state index contributed by atoms with van der Waals surface area (Å²) >= 11 is 0. The molecule has 1 fully saturated rings. The molecule has 0 aromatic carbocycles. The Bertz CT molecular complexity index is 160. The summed E-state index contributed by atoms with van der Waals surface area (Å²) in [7, 11) is 1.60. The number of likely N-dealkylation sites (tertiary alicyclic amines) is 1. The fourth-order valence-corrected chi connectivity index (χ4v) is 1.80. The van der Waals surface area contributed by atoms with E-state index >= 15 is 0 Å². The molecule has 0 N–H and O–H groups in total. The van der Waals surface area contributed by atoms with E-state index in [1.54, 1.807) is 7.11 Å².